The van der Waals surface area contributed by atoms with E-state index in [1.165, 1.54) is 0 Å². The molecule has 0 radical (unpaired) electrons. The summed E-state index contributed by atoms with van der Waals surface area (Å²) in [6, 6.07) is 0.345. The van der Waals surface area contributed by atoms with Gasteiger partial charge in [0, 0.05) is 18.3 Å². The van der Waals surface area contributed by atoms with Crippen LogP contribution in [0.4, 0.5) is 0 Å². The van der Waals surface area contributed by atoms with Crippen LogP contribution in [0.5, 0.6) is 0 Å². The van der Waals surface area contributed by atoms with Crippen LogP contribution in [0.3, 0.4) is 0 Å². The Morgan fingerprint density at radius 2 is 2.15 bits per heavy atom. The Kier molecular flexibility index (Phi) is 6.33. The van der Waals surface area contributed by atoms with E-state index in [0.29, 0.717) is 18.5 Å². The molecule has 0 aliphatic carbocycles. The van der Waals surface area contributed by atoms with E-state index < -0.39 is 0 Å². The Morgan fingerprint density at radius 1 is 1.54 bits per heavy atom. The fourth-order valence-electron chi connectivity index (χ4n) is 1.11. The van der Waals surface area contributed by atoms with Crippen LogP contribution >= 0.6 is 0 Å². The lowest BCUT2D eigenvalue weighted by Gasteiger charge is -2.22. The second kappa shape index (κ2) is 6.72. The van der Waals surface area contributed by atoms with Crippen molar-refractivity contribution in [2.24, 2.45) is 11.7 Å². The zero-order valence-corrected chi connectivity index (χ0v) is 8.84. The topological polar surface area (TPSA) is 38.0 Å². The summed E-state index contributed by atoms with van der Waals surface area (Å²) in [4.78, 5) is 0. The molecule has 0 aliphatic rings. The van der Waals surface area contributed by atoms with Gasteiger partial charge in [-0.25, -0.2) is 0 Å². The van der Waals surface area contributed by atoms with Gasteiger partial charge in [0.1, 0.15) is 0 Å². The van der Waals surface area contributed by atoms with Gasteiger partial charge in [-0.15, -0.1) is 6.58 Å². The molecular formula is C11H22N2. The predicted molar refractivity (Wildman–Crippen MR) is 59.4 cm³/mol. The highest BCUT2D eigenvalue weighted by Crippen LogP contribution is 2.05. The van der Waals surface area contributed by atoms with Crippen LogP contribution < -0.4 is 11.1 Å². The first-order valence-electron chi connectivity index (χ1n) is 4.87. The van der Waals surface area contributed by atoms with Crippen molar-refractivity contribution in [2.45, 2.75) is 32.7 Å². The third-order valence-corrected chi connectivity index (χ3v) is 2.10. The second-order valence-electron chi connectivity index (χ2n) is 3.66. The molecule has 0 spiro atoms. The number of hydrogen-bond donors (Lipinski definition) is 2. The van der Waals surface area contributed by atoms with Gasteiger partial charge in [0.2, 0.25) is 0 Å². The molecule has 13 heavy (non-hydrogen) atoms. The summed E-state index contributed by atoms with van der Waals surface area (Å²) in [7, 11) is 0. The first-order chi connectivity index (χ1) is 6.11. The van der Waals surface area contributed by atoms with Gasteiger partial charge in [-0.3, -0.25) is 0 Å². The van der Waals surface area contributed by atoms with Crippen LogP contribution in [0, 0.1) is 5.92 Å². The van der Waals surface area contributed by atoms with Crippen molar-refractivity contribution < 1.29 is 0 Å². The lowest BCUT2D eigenvalue weighted by Crippen LogP contribution is -2.39. The highest BCUT2D eigenvalue weighted by atomic mass is 14.9. The van der Waals surface area contributed by atoms with Gasteiger partial charge in [0.05, 0.1) is 0 Å². The van der Waals surface area contributed by atoms with Crippen LogP contribution in [0.1, 0.15) is 26.7 Å². The van der Waals surface area contributed by atoms with E-state index in [2.05, 4.69) is 32.3 Å². The van der Waals surface area contributed by atoms with Gasteiger partial charge < -0.3 is 11.1 Å². The molecule has 2 heteroatoms. The fraction of sp³-hybridized carbons (Fsp3) is 0.636. The van der Waals surface area contributed by atoms with Crippen LogP contribution in [-0.4, -0.2) is 12.6 Å². The van der Waals surface area contributed by atoms with E-state index in [1.807, 2.05) is 6.08 Å². The Hall–Kier alpha value is -0.760. The molecule has 76 valence electrons. The minimum absolute atomic E-state index is 0.345. The predicted octanol–water partition coefficient (Wildman–Crippen LogP) is 2.04. The summed E-state index contributed by atoms with van der Waals surface area (Å²) >= 11 is 0. The Labute approximate surface area is 81.9 Å². The molecule has 0 heterocycles. The Morgan fingerprint density at radius 3 is 2.54 bits per heavy atom. The lowest BCUT2D eigenvalue weighted by molar-refractivity contribution is 0.433. The molecule has 3 N–H and O–H groups in total. The van der Waals surface area contributed by atoms with E-state index >= 15 is 0 Å². The van der Waals surface area contributed by atoms with Gasteiger partial charge in [0.25, 0.3) is 0 Å². The SMILES string of the molecule is C=CCCC(=C)NC(CN)C(C)C. The highest BCUT2D eigenvalue weighted by molar-refractivity contribution is 4.96. The first-order valence-corrected chi connectivity index (χ1v) is 4.87. The molecule has 0 saturated heterocycles. The van der Waals surface area contributed by atoms with Gasteiger partial charge in [-0.05, 0) is 18.8 Å². The van der Waals surface area contributed by atoms with Crippen molar-refractivity contribution in [3.05, 3.63) is 24.9 Å². The molecular weight excluding hydrogens is 160 g/mol. The standard InChI is InChI=1S/C11H22N2/c1-5-6-7-10(4)13-11(8-12)9(2)3/h5,9,11,13H,1,4,6-8,12H2,2-3H3. The molecule has 0 aromatic rings. The van der Waals surface area contributed by atoms with Gasteiger partial charge >= 0.3 is 0 Å². The number of hydrogen-bond acceptors (Lipinski definition) is 2. The van der Waals surface area contributed by atoms with E-state index in [4.69, 9.17) is 5.73 Å². The van der Waals surface area contributed by atoms with Crippen molar-refractivity contribution in [3.8, 4) is 0 Å². The highest BCUT2D eigenvalue weighted by Gasteiger charge is 2.10. The summed E-state index contributed by atoms with van der Waals surface area (Å²) in [6.07, 6.45) is 3.83. The third kappa shape index (κ3) is 5.47. The zero-order chi connectivity index (χ0) is 10.3. The average molecular weight is 182 g/mol. The fourth-order valence-corrected chi connectivity index (χ4v) is 1.11. The molecule has 0 aromatic carbocycles. The summed E-state index contributed by atoms with van der Waals surface area (Å²) in [5.74, 6) is 0.547. The molecule has 0 saturated carbocycles. The van der Waals surface area contributed by atoms with E-state index in [9.17, 15) is 0 Å². The minimum atomic E-state index is 0.345. The smallest absolute Gasteiger partial charge is 0.0403 e. The number of allylic oxidation sites excluding steroid dienone is 2. The molecule has 0 rings (SSSR count). The maximum absolute atomic E-state index is 5.63. The quantitative estimate of drug-likeness (QED) is 0.591. The van der Waals surface area contributed by atoms with Crippen molar-refractivity contribution in [1.82, 2.24) is 5.32 Å². The summed E-state index contributed by atoms with van der Waals surface area (Å²) in [6.45, 7) is 12.6. The van der Waals surface area contributed by atoms with Crippen molar-refractivity contribution >= 4 is 0 Å². The van der Waals surface area contributed by atoms with Crippen LogP contribution in [0.25, 0.3) is 0 Å². The maximum Gasteiger partial charge on any atom is 0.0403 e. The maximum atomic E-state index is 5.63. The molecule has 0 bridgehead atoms. The Balaban J connectivity index is 3.79. The van der Waals surface area contributed by atoms with Gasteiger partial charge in [0.15, 0.2) is 0 Å². The largest absolute Gasteiger partial charge is 0.385 e. The molecule has 0 aliphatic heterocycles. The van der Waals surface area contributed by atoms with Crippen LogP contribution in [0.15, 0.2) is 24.9 Å². The van der Waals surface area contributed by atoms with E-state index in [1.54, 1.807) is 0 Å². The normalized spacial score (nSPS) is 12.6. The summed E-state index contributed by atoms with van der Waals surface area (Å²) < 4.78 is 0. The van der Waals surface area contributed by atoms with Crippen molar-refractivity contribution in [1.29, 1.82) is 0 Å². The summed E-state index contributed by atoms with van der Waals surface area (Å²) in [5.41, 5.74) is 6.69. The molecule has 1 unspecified atom stereocenters. The molecule has 2 nitrogen and oxygen atoms in total. The number of rotatable bonds is 7. The van der Waals surface area contributed by atoms with Crippen molar-refractivity contribution in [2.75, 3.05) is 6.54 Å². The number of nitrogens with one attached hydrogen (secondary N) is 1. The first kappa shape index (κ1) is 12.2. The monoisotopic (exact) mass is 182 g/mol. The summed E-state index contributed by atoms with van der Waals surface area (Å²) in [5, 5.41) is 3.33. The minimum Gasteiger partial charge on any atom is -0.385 e. The average Bonchev–Trinajstić information content (AvgIpc) is 2.10. The Bertz CT molecular complexity index is 161. The molecule has 0 amide bonds. The van der Waals surface area contributed by atoms with Gasteiger partial charge in [-0.1, -0.05) is 26.5 Å². The van der Waals surface area contributed by atoms with Gasteiger partial charge in [-0.2, -0.15) is 0 Å². The number of nitrogens with two attached hydrogens (primary N) is 1. The van der Waals surface area contributed by atoms with E-state index in [0.717, 1.165) is 18.5 Å². The zero-order valence-electron chi connectivity index (χ0n) is 8.84. The second-order valence-corrected chi connectivity index (χ2v) is 3.66. The third-order valence-electron chi connectivity index (χ3n) is 2.10. The van der Waals surface area contributed by atoms with Crippen LogP contribution in [-0.2, 0) is 0 Å². The van der Waals surface area contributed by atoms with E-state index in [-0.39, 0.29) is 0 Å². The van der Waals surface area contributed by atoms with Crippen molar-refractivity contribution in [3.63, 3.8) is 0 Å². The molecule has 0 aromatic heterocycles. The van der Waals surface area contributed by atoms with Crippen LogP contribution in [0.2, 0.25) is 0 Å². The lowest BCUT2D eigenvalue weighted by atomic mass is 10.0. The molecule has 1 atom stereocenters. The molecule has 0 fully saturated rings.